The van der Waals surface area contributed by atoms with E-state index >= 15 is 0 Å². The van der Waals surface area contributed by atoms with E-state index < -0.39 is 0 Å². The van der Waals surface area contributed by atoms with Crippen molar-refractivity contribution in [2.75, 3.05) is 13.7 Å². The molecule has 2 aliphatic rings. The molecule has 6 heteroatoms. The molecule has 1 saturated carbocycles. The lowest BCUT2D eigenvalue weighted by Gasteiger charge is -2.37. The highest BCUT2D eigenvalue weighted by Crippen LogP contribution is 2.42. The fraction of sp³-hybridized carbons (Fsp3) is 0.524. The zero-order valence-corrected chi connectivity index (χ0v) is 16.7. The minimum absolute atomic E-state index is 0.0665. The number of ether oxygens (including phenoxy) is 1. The molecule has 1 N–H and O–H groups in total. The number of thiocarbonyl (C=S) groups is 1. The number of hydrogen-bond donors (Lipinski definition) is 1. The van der Waals surface area contributed by atoms with Crippen molar-refractivity contribution in [3.8, 4) is 0 Å². The minimum atomic E-state index is 0.0665. The topological polar surface area (TPSA) is 42.3 Å². The number of rotatable bonds is 6. The molecule has 5 nitrogen and oxygen atoms in total. The van der Waals surface area contributed by atoms with Crippen LogP contribution in [0.3, 0.4) is 0 Å². The monoisotopic (exact) mass is 384 g/mol. The molecule has 0 unspecified atom stereocenters. The van der Waals surface area contributed by atoms with E-state index in [1.54, 1.807) is 7.11 Å². The molecule has 0 aromatic carbocycles. The highest BCUT2D eigenvalue weighted by molar-refractivity contribution is 7.80. The molecule has 1 aliphatic carbocycles. The summed E-state index contributed by atoms with van der Waals surface area (Å²) in [6.45, 7) is 1.54. The lowest BCUT2D eigenvalue weighted by molar-refractivity contribution is 0.174. The third-order valence-electron chi connectivity index (χ3n) is 5.81. The number of hydrogen-bond acceptors (Lipinski definition) is 3. The van der Waals surface area contributed by atoms with Gasteiger partial charge in [-0.25, -0.2) is 0 Å². The fourth-order valence-electron chi connectivity index (χ4n) is 4.52. The number of methoxy groups -OCH3 is 1. The van der Waals surface area contributed by atoms with E-state index in [1.807, 2.05) is 12.3 Å². The molecule has 0 spiro atoms. The summed E-state index contributed by atoms with van der Waals surface area (Å²) in [5.74, 6) is 0. The van der Waals surface area contributed by atoms with E-state index in [9.17, 15) is 0 Å². The first-order valence-corrected chi connectivity index (χ1v) is 10.3. The molecule has 0 radical (unpaired) electrons. The Morgan fingerprint density at radius 2 is 2.04 bits per heavy atom. The van der Waals surface area contributed by atoms with Crippen LogP contribution in [0.15, 0.2) is 42.7 Å². The van der Waals surface area contributed by atoms with Crippen molar-refractivity contribution < 1.29 is 4.74 Å². The average molecular weight is 385 g/mol. The van der Waals surface area contributed by atoms with Crippen molar-refractivity contribution in [1.29, 1.82) is 0 Å². The number of nitrogens with one attached hydrogen (secondary N) is 1. The van der Waals surface area contributed by atoms with Crippen molar-refractivity contribution in [3.63, 3.8) is 0 Å². The lowest BCUT2D eigenvalue weighted by Crippen LogP contribution is -2.41. The molecule has 0 bridgehead atoms. The van der Waals surface area contributed by atoms with E-state index in [0.717, 1.165) is 17.4 Å². The molecule has 2 atom stereocenters. The minimum Gasteiger partial charge on any atom is -0.383 e. The highest BCUT2D eigenvalue weighted by atomic mass is 32.1. The molecule has 1 aliphatic heterocycles. The Labute approximate surface area is 166 Å². The summed E-state index contributed by atoms with van der Waals surface area (Å²) in [7, 11) is 1.75. The van der Waals surface area contributed by atoms with Crippen LogP contribution in [0.2, 0.25) is 0 Å². The van der Waals surface area contributed by atoms with Gasteiger partial charge in [0.15, 0.2) is 5.11 Å². The van der Waals surface area contributed by atoms with E-state index in [4.69, 9.17) is 17.0 Å². The van der Waals surface area contributed by atoms with E-state index in [0.29, 0.717) is 12.6 Å². The maximum atomic E-state index is 5.83. The lowest BCUT2D eigenvalue weighted by atomic mass is 9.92. The van der Waals surface area contributed by atoms with Gasteiger partial charge in [0.1, 0.15) is 0 Å². The van der Waals surface area contributed by atoms with E-state index in [-0.39, 0.29) is 12.1 Å². The normalized spacial score (nSPS) is 23.6. The standard InChI is InChI=1S/C21H28N4OS/c1-26-15-14-24-13-7-11-18(24)20-19(17-10-5-6-12-22-17)23-21(27)25(20)16-8-3-2-4-9-16/h5-7,10-13,16,19-20H,2-4,8-9,14-15H2,1H3,(H,23,27)/t19-,20+/m1/s1. The van der Waals surface area contributed by atoms with Gasteiger partial charge in [-0.05, 0) is 49.3 Å². The van der Waals surface area contributed by atoms with Gasteiger partial charge in [-0.1, -0.05) is 25.3 Å². The smallest absolute Gasteiger partial charge is 0.170 e. The molecular formula is C21H28N4OS. The zero-order valence-electron chi connectivity index (χ0n) is 15.9. The van der Waals surface area contributed by atoms with Crippen LogP contribution in [0.1, 0.15) is 55.6 Å². The molecule has 27 heavy (non-hydrogen) atoms. The predicted octanol–water partition coefficient (Wildman–Crippen LogP) is 3.83. The fourth-order valence-corrected chi connectivity index (χ4v) is 4.91. The first kappa shape index (κ1) is 18.4. The number of nitrogens with zero attached hydrogens (tertiary/aromatic N) is 3. The maximum Gasteiger partial charge on any atom is 0.170 e. The van der Waals surface area contributed by atoms with Gasteiger partial charge in [0.05, 0.1) is 24.4 Å². The number of pyridine rings is 1. The van der Waals surface area contributed by atoms with Gasteiger partial charge in [-0.15, -0.1) is 0 Å². The van der Waals surface area contributed by atoms with Gasteiger partial charge in [-0.3, -0.25) is 4.98 Å². The first-order valence-electron chi connectivity index (χ1n) is 9.93. The Bertz CT molecular complexity index is 757. The van der Waals surface area contributed by atoms with Gasteiger partial charge in [0.25, 0.3) is 0 Å². The summed E-state index contributed by atoms with van der Waals surface area (Å²) >= 11 is 5.83. The largest absolute Gasteiger partial charge is 0.383 e. The second kappa shape index (κ2) is 8.40. The Morgan fingerprint density at radius 1 is 1.19 bits per heavy atom. The quantitative estimate of drug-likeness (QED) is 0.767. The predicted molar refractivity (Wildman–Crippen MR) is 110 cm³/mol. The van der Waals surface area contributed by atoms with Gasteiger partial charge < -0.3 is 19.5 Å². The summed E-state index contributed by atoms with van der Waals surface area (Å²) in [5, 5.41) is 4.45. The molecule has 2 aromatic rings. The third-order valence-corrected chi connectivity index (χ3v) is 6.14. The van der Waals surface area contributed by atoms with Gasteiger partial charge in [-0.2, -0.15) is 0 Å². The summed E-state index contributed by atoms with van der Waals surface area (Å²) in [6, 6.07) is 11.2. The Balaban J connectivity index is 1.72. The van der Waals surface area contributed by atoms with Crippen LogP contribution in [0.4, 0.5) is 0 Å². The second-order valence-corrected chi connectivity index (χ2v) is 7.83. The average Bonchev–Trinajstić information content (AvgIpc) is 3.31. The molecule has 4 rings (SSSR count). The summed E-state index contributed by atoms with van der Waals surface area (Å²) in [4.78, 5) is 7.11. The summed E-state index contributed by atoms with van der Waals surface area (Å²) < 4.78 is 7.62. The van der Waals surface area contributed by atoms with Crippen molar-refractivity contribution in [2.45, 2.75) is 56.8 Å². The van der Waals surface area contributed by atoms with Crippen LogP contribution in [-0.2, 0) is 11.3 Å². The zero-order chi connectivity index (χ0) is 18.6. The Morgan fingerprint density at radius 3 is 2.78 bits per heavy atom. The SMILES string of the molecule is COCCn1cccc1[C@H]1[C@@H](c2ccccn2)NC(=S)N1C1CCCCC1. The van der Waals surface area contributed by atoms with Crippen LogP contribution >= 0.6 is 12.2 Å². The molecule has 3 heterocycles. The van der Waals surface area contributed by atoms with Gasteiger partial charge >= 0.3 is 0 Å². The van der Waals surface area contributed by atoms with Crippen molar-refractivity contribution in [2.24, 2.45) is 0 Å². The van der Waals surface area contributed by atoms with Crippen LogP contribution in [0, 0.1) is 0 Å². The molecular weight excluding hydrogens is 356 g/mol. The van der Waals surface area contributed by atoms with Crippen LogP contribution < -0.4 is 5.32 Å². The number of aromatic nitrogens is 2. The van der Waals surface area contributed by atoms with Crippen LogP contribution in [0.25, 0.3) is 0 Å². The van der Waals surface area contributed by atoms with Gasteiger partial charge in [0, 0.05) is 37.8 Å². The van der Waals surface area contributed by atoms with E-state index in [2.05, 4.69) is 50.2 Å². The third kappa shape index (κ3) is 3.73. The first-order chi connectivity index (χ1) is 13.3. The van der Waals surface area contributed by atoms with Crippen molar-refractivity contribution >= 4 is 17.3 Å². The molecule has 2 fully saturated rings. The summed E-state index contributed by atoms with van der Waals surface area (Å²) in [5.41, 5.74) is 2.32. The Kier molecular flexibility index (Phi) is 5.74. The molecule has 144 valence electrons. The molecule has 1 saturated heterocycles. The van der Waals surface area contributed by atoms with Gasteiger partial charge in [0.2, 0.25) is 0 Å². The van der Waals surface area contributed by atoms with E-state index in [1.165, 1.54) is 37.8 Å². The summed E-state index contributed by atoms with van der Waals surface area (Å²) in [6.07, 6.45) is 10.3. The van der Waals surface area contributed by atoms with Crippen molar-refractivity contribution in [1.82, 2.24) is 19.8 Å². The van der Waals surface area contributed by atoms with Crippen LogP contribution in [0.5, 0.6) is 0 Å². The van der Waals surface area contributed by atoms with Crippen molar-refractivity contribution in [3.05, 3.63) is 54.1 Å². The Hall–Kier alpha value is -1.92. The molecule has 0 amide bonds. The van der Waals surface area contributed by atoms with Crippen LogP contribution in [-0.4, -0.2) is 39.3 Å². The highest BCUT2D eigenvalue weighted by Gasteiger charge is 2.44. The second-order valence-electron chi connectivity index (χ2n) is 7.44. The maximum absolute atomic E-state index is 5.83. The molecule has 2 aromatic heterocycles.